The van der Waals surface area contributed by atoms with Crippen molar-refractivity contribution in [1.82, 2.24) is 0 Å². The Morgan fingerprint density at radius 2 is 0.976 bits per heavy atom. The van der Waals surface area contributed by atoms with Gasteiger partial charge in [0.2, 0.25) is 0 Å². The quantitative estimate of drug-likeness (QED) is 0.103. The first-order chi connectivity index (χ1) is 38.7. The fraction of sp³-hybridized carbons (Fsp3) is 0.906. The highest BCUT2D eigenvalue weighted by atomic mass is 16.7. The topological polar surface area (TPSA) is 270 Å². The van der Waals surface area contributed by atoms with Crippen molar-refractivity contribution in [3.05, 3.63) is 23.3 Å². The first-order valence-corrected chi connectivity index (χ1v) is 32.0. The van der Waals surface area contributed by atoms with E-state index < -0.39 is 96.7 Å². The van der Waals surface area contributed by atoms with E-state index in [1.807, 2.05) is 6.92 Å². The standard InChI is InChI=1S/C41H64O13.C23H34O5/c1-20-36(46)29(42)16-34(49-20)53-38-22(3)51-35(18-31(38)44)54-37-21(2)50-33(17-30(37)43)52-25-8-11-39(4)24(15-25)6-7-28-27(39)9-12-40(5)26(10-13-41(28,40)47)23-14-32(45)48-19-23;1-20-7-3-15(24)12-22(20,26)9-5-18-17(20)4-8-21(2)16(6-10-23(18,21)27)14-11-19(25)28-13-14/h14,20-22,24-31,33-38,42-44,46-47H,6-13,15-19H2,1-5H3;11,15-18,24,26-27H,3-10,12-13H2,1-2H3/t20-,21-,22-,24-,25+,26-,27+,28-,29+,30+,31+,33+,34+,35+,36-,37-,38-,39+,40-,41+;15-,16+,17-,18+,20+,21+,22-,23-/m10/s1. The summed E-state index contributed by atoms with van der Waals surface area (Å²) in [7, 11) is 0. The zero-order chi connectivity index (χ0) is 58.3. The molecule has 0 radical (unpaired) electrons. The molecule has 0 aromatic carbocycles. The van der Waals surface area contributed by atoms with Crippen LogP contribution in [0, 0.1) is 63.1 Å². The van der Waals surface area contributed by atoms with Crippen molar-refractivity contribution < 1.29 is 88.3 Å². The number of hydrogen-bond acceptors (Lipinski definition) is 18. The van der Waals surface area contributed by atoms with Crippen LogP contribution >= 0.6 is 0 Å². The van der Waals surface area contributed by atoms with Crippen LogP contribution in [0.4, 0.5) is 0 Å². The van der Waals surface area contributed by atoms with Gasteiger partial charge in [-0.1, -0.05) is 27.7 Å². The fourth-order valence-electron chi connectivity index (χ4n) is 21.2. The molecular formula is C64H98O18. The molecule has 8 saturated carbocycles. The van der Waals surface area contributed by atoms with Gasteiger partial charge in [0.15, 0.2) is 18.9 Å². The maximum atomic E-state index is 12.6. The zero-order valence-corrected chi connectivity index (χ0v) is 49.7. The predicted octanol–water partition coefficient (Wildman–Crippen LogP) is 5.97. The van der Waals surface area contributed by atoms with Gasteiger partial charge in [-0.3, -0.25) is 0 Å². The number of hydrogen-bond donors (Lipinski definition) is 8. The van der Waals surface area contributed by atoms with E-state index in [-0.39, 0.29) is 88.6 Å². The van der Waals surface area contributed by atoms with Crippen molar-refractivity contribution in [1.29, 1.82) is 0 Å². The molecule has 5 heterocycles. The maximum absolute atomic E-state index is 12.6. The smallest absolute Gasteiger partial charge is 0.331 e. The summed E-state index contributed by atoms with van der Waals surface area (Å²) in [6, 6.07) is 0. The van der Waals surface area contributed by atoms with Gasteiger partial charge in [0.25, 0.3) is 0 Å². The van der Waals surface area contributed by atoms with Crippen molar-refractivity contribution in [3.8, 4) is 0 Å². The summed E-state index contributed by atoms with van der Waals surface area (Å²) in [6.45, 7) is 15.2. The number of ether oxygens (including phenoxy) is 8. The average Bonchev–Trinajstić information content (AvgIpc) is 4.02. The average molecular weight is 1160 g/mol. The van der Waals surface area contributed by atoms with Gasteiger partial charge in [-0.25, -0.2) is 9.59 Å². The third kappa shape index (κ3) is 9.78. The van der Waals surface area contributed by atoms with Gasteiger partial charge < -0.3 is 78.7 Å². The minimum absolute atomic E-state index is 0.0243. The van der Waals surface area contributed by atoms with Crippen LogP contribution in [0.3, 0.4) is 0 Å². The van der Waals surface area contributed by atoms with Gasteiger partial charge in [-0.05, 0) is 193 Å². The number of fused-ring (bicyclic) bond motifs is 10. The summed E-state index contributed by atoms with van der Waals surface area (Å²) in [5.74, 6) is 1.54. The molecule has 13 aliphatic rings. The Hall–Kier alpha value is -2.14. The second-order valence-electron chi connectivity index (χ2n) is 29.6. The highest BCUT2D eigenvalue weighted by Gasteiger charge is 2.71. The molecule has 0 amide bonds. The summed E-state index contributed by atoms with van der Waals surface area (Å²) in [6.07, 6.45) is 10.2. The van der Waals surface area contributed by atoms with E-state index in [1.54, 1.807) is 26.0 Å². The molecular weight excluding hydrogens is 1060 g/mol. The van der Waals surface area contributed by atoms with Crippen molar-refractivity contribution in [2.45, 2.75) is 286 Å². The second kappa shape index (κ2) is 21.9. The van der Waals surface area contributed by atoms with Crippen LogP contribution in [-0.4, -0.2) is 169 Å². The van der Waals surface area contributed by atoms with Gasteiger partial charge in [-0.15, -0.1) is 0 Å². The lowest BCUT2D eigenvalue weighted by Gasteiger charge is -2.66. The molecule has 28 atom stereocenters. The van der Waals surface area contributed by atoms with Crippen LogP contribution < -0.4 is 0 Å². The van der Waals surface area contributed by atoms with E-state index >= 15 is 0 Å². The van der Waals surface area contributed by atoms with E-state index in [0.29, 0.717) is 37.9 Å². The molecule has 13 rings (SSSR count). The third-order valence-corrected chi connectivity index (χ3v) is 26.0. The SMILES string of the molecule is C[C@H]1O[C@@H](O[C@H]2[C@@H](O)C[C@H](O[C@H]3[C@@H](O)C[C@H](O[C@H]4CC[C@@]5(C)[C@H](CC[C@@H]6[C@@H]5CC[C@]5(C)[C@@H](C7=CC(=O)OC7)CC[C@]65O)C4)O[C@@H]3C)O[C@@H]2C)C[C@H](O)[C@@H]1O.C[C@]12CC[C@H](O)C[C@@]1(O)CC[C@@H]1[C@@H]2CC[C@]2(C)[C@@H](C3=CC(=O)OC3)CC[C@]12O. The summed E-state index contributed by atoms with van der Waals surface area (Å²) >= 11 is 0. The van der Waals surface area contributed by atoms with Gasteiger partial charge in [0.05, 0.1) is 65.6 Å². The number of esters is 2. The fourth-order valence-corrected chi connectivity index (χ4v) is 21.2. The largest absolute Gasteiger partial charge is 0.458 e. The normalized spacial score (nSPS) is 55.2. The lowest BCUT2D eigenvalue weighted by Crippen LogP contribution is -2.67. The molecule has 0 spiro atoms. The molecule has 0 aromatic heterocycles. The predicted molar refractivity (Wildman–Crippen MR) is 294 cm³/mol. The first-order valence-electron chi connectivity index (χ1n) is 32.0. The van der Waals surface area contributed by atoms with Gasteiger partial charge in [-0.2, -0.15) is 0 Å². The van der Waals surface area contributed by atoms with E-state index in [2.05, 4.69) is 27.7 Å². The Kier molecular flexibility index (Phi) is 16.0. The van der Waals surface area contributed by atoms with Crippen molar-refractivity contribution >= 4 is 11.9 Å². The van der Waals surface area contributed by atoms with E-state index in [9.17, 15) is 50.4 Å². The summed E-state index contributed by atoms with van der Waals surface area (Å²) in [5, 5.41) is 88.8. The van der Waals surface area contributed by atoms with Crippen molar-refractivity contribution in [2.24, 2.45) is 63.1 Å². The van der Waals surface area contributed by atoms with Gasteiger partial charge in [0.1, 0.15) is 31.5 Å². The van der Waals surface area contributed by atoms with Crippen LogP contribution in [0.25, 0.3) is 0 Å². The Labute approximate surface area is 484 Å². The van der Waals surface area contributed by atoms with Crippen LogP contribution in [0.2, 0.25) is 0 Å². The third-order valence-electron chi connectivity index (χ3n) is 26.0. The summed E-state index contributed by atoms with van der Waals surface area (Å²) in [5.41, 5.74) is -0.784. The molecule has 0 unspecified atom stereocenters. The van der Waals surface area contributed by atoms with Crippen LogP contribution in [0.5, 0.6) is 0 Å². The number of aliphatic hydroxyl groups excluding tert-OH is 5. The maximum Gasteiger partial charge on any atom is 0.331 e. The summed E-state index contributed by atoms with van der Waals surface area (Å²) < 4.78 is 47.4. The van der Waals surface area contributed by atoms with Gasteiger partial charge >= 0.3 is 11.9 Å². The minimum Gasteiger partial charge on any atom is -0.458 e. The number of carbonyl (C=O) groups excluding carboxylic acids is 2. The molecule has 8 N–H and O–H groups in total. The van der Waals surface area contributed by atoms with E-state index in [4.69, 9.17) is 37.9 Å². The molecule has 5 aliphatic heterocycles. The molecule has 0 aromatic rings. The highest BCUT2D eigenvalue weighted by molar-refractivity contribution is 5.86. The van der Waals surface area contributed by atoms with Crippen molar-refractivity contribution in [2.75, 3.05) is 13.2 Å². The van der Waals surface area contributed by atoms with Crippen LogP contribution in [0.1, 0.15) is 183 Å². The minimum atomic E-state index is -0.996. The number of carbonyl (C=O) groups is 2. The van der Waals surface area contributed by atoms with Crippen LogP contribution in [0.15, 0.2) is 23.3 Å². The number of rotatable bonds is 8. The lowest BCUT2D eigenvalue weighted by atomic mass is 9.42. The number of cyclic esters (lactones) is 2. The Morgan fingerprint density at radius 1 is 0.488 bits per heavy atom. The molecule has 18 heteroatoms. The second-order valence-corrected chi connectivity index (χ2v) is 29.6. The Bertz CT molecular complexity index is 2420. The van der Waals surface area contributed by atoms with Crippen molar-refractivity contribution in [3.63, 3.8) is 0 Å². The van der Waals surface area contributed by atoms with Crippen LogP contribution in [-0.2, 0) is 47.5 Å². The molecule has 8 aliphatic carbocycles. The molecule has 82 heavy (non-hydrogen) atoms. The molecule has 3 saturated heterocycles. The zero-order valence-electron chi connectivity index (χ0n) is 49.7. The highest BCUT2D eigenvalue weighted by Crippen LogP contribution is 2.72. The molecule has 18 nitrogen and oxygen atoms in total. The summed E-state index contributed by atoms with van der Waals surface area (Å²) in [4.78, 5) is 23.6. The molecule has 462 valence electrons. The molecule has 11 fully saturated rings. The molecule has 0 bridgehead atoms. The number of aliphatic hydroxyl groups is 8. The van der Waals surface area contributed by atoms with E-state index in [0.717, 1.165) is 114 Å². The van der Waals surface area contributed by atoms with Gasteiger partial charge in [0, 0.05) is 48.7 Å². The Morgan fingerprint density at radius 3 is 1.50 bits per heavy atom. The first kappa shape index (κ1) is 60.2. The Balaban J connectivity index is 0.000000198. The van der Waals surface area contributed by atoms with E-state index in [1.165, 1.54) is 0 Å². The lowest BCUT2D eigenvalue weighted by molar-refractivity contribution is -0.336. The monoisotopic (exact) mass is 1150 g/mol.